The highest BCUT2D eigenvalue weighted by Crippen LogP contribution is 2.23. The lowest BCUT2D eigenvalue weighted by molar-refractivity contribution is 0.331. The second kappa shape index (κ2) is 4.99. The number of hydrogen-bond donors (Lipinski definition) is 1. The van der Waals surface area contributed by atoms with Crippen molar-refractivity contribution in [1.29, 1.82) is 0 Å². The Morgan fingerprint density at radius 1 is 1.50 bits per heavy atom. The standard InChI is InChI=1S/C11H19N3O3S/c1-8(2)12-6-10-9-7-14(18(3,15)16)5-4-11(9)17-13-10/h8,12H,4-7H2,1-3H3. The minimum Gasteiger partial charge on any atom is -0.361 e. The van der Waals surface area contributed by atoms with Crippen LogP contribution in [0.15, 0.2) is 4.52 Å². The lowest BCUT2D eigenvalue weighted by Crippen LogP contribution is -2.35. The van der Waals surface area contributed by atoms with E-state index in [-0.39, 0.29) is 0 Å². The fourth-order valence-electron chi connectivity index (χ4n) is 1.96. The molecule has 0 aliphatic carbocycles. The smallest absolute Gasteiger partial charge is 0.211 e. The lowest BCUT2D eigenvalue weighted by atomic mass is 10.1. The normalized spacial score (nSPS) is 17.1. The molecule has 18 heavy (non-hydrogen) atoms. The molecule has 1 aromatic heterocycles. The molecule has 0 atom stereocenters. The first-order valence-corrected chi connectivity index (χ1v) is 7.87. The summed E-state index contributed by atoms with van der Waals surface area (Å²) >= 11 is 0. The van der Waals surface area contributed by atoms with E-state index in [4.69, 9.17) is 4.52 Å². The fourth-order valence-corrected chi connectivity index (χ4v) is 2.75. The molecular formula is C11H19N3O3S. The summed E-state index contributed by atoms with van der Waals surface area (Å²) in [6.07, 6.45) is 1.83. The van der Waals surface area contributed by atoms with Crippen LogP contribution in [0.1, 0.15) is 30.9 Å². The van der Waals surface area contributed by atoms with Crippen LogP contribution in [0.5, 0.6) is 0 Å². The molecule has 1 aliphatic rings. The van der Waals surface area contributed by atoms with E-state index in [0.717, 1.165) is 17.0 Å². The van der Waals surface area contributed by atoms with Crippen molar-refractivity contribution < 1.29 is 12.9 Å². The maximum absolute atomic E-state index is 11.6. The van der Waals surface area contributed by atoms with Crippen LogP contribution in [0.3, 0.4) is 0 Å². The third-order valence-electron chi connectivity index (χ3n) is 3.02. The van der Waals surface area contributed by atoms with Gasteiger partial charge in [-0.25, -0.2) is 8.42 Å². The summed E-state index contributed by atoms with van der Waals surface area (Å²) in [7, 11) is -3.15. The highest BCUT2D eigenvalue weighted by atomic mass is 32.2. The molecule has 102 valence electrons. The molecule has 6 nitrogen and oxygen atoms in total. The minimum atomic E-state index is -3.15. The molecule has 0 bridgehead atoms. The van der Waals surface area contributed by atoms with E-state index in [2.05, 4.69) is 24.3 Å². The largest absolute Gasteiger partial charge is 0.361 e. The average Bonchev–Trinajstić information content (AvgIpc) is 2.67. The summed E-state index contributed by atoms with van der Waals surface area (Å²) in [4.78, 5) is 0. The first-order chi connectivity index (χ1) is 8.38. The van der Waals surface area contributed by atoms with Crippen molar-refractivity contribution in [3.8, 4) is 0 Å². The first kappa shape index (κ1) is 13.5. The van der Waals surface area contributed by atoms with Crippen molar-refractivity contribution in [2.75, 3.05) is 12.8 Å². The number of hydrogen-bond acceptors (Lipinski definition) is 5. The van der Waals surface area contributed by atoms with Gasteiger partial charge in [0.25, 0.3) is 0 Å². The van der Waals surface area contributed by atoms with Gasteiger partial charge in [-0.1, -0.05) is 19.0 Å². The Labute approximate surface area is 107 Å². The quantitative estimate of drug-likeness (QED) is 0.864. The lowest BCUT2D eigenvalue weighted by Gasteiger charge is -2.23. The molecule has 0 fully saturated rings. The molecule has 0 radical (unpaired) electrons. The van der Waals surface area contributed by atoms with Crippen molar-refractivity contribution >= 4 is 10.0 Å². The number of nitrogens with one attached hydrogen (secondary N) is 1. The summed E-state index contributed by atoms with van der Waals surface area (Å²) < 4.78 is 29.8. The molecule has 1 aliphatic heterocycles. The molecule has 0 aromatic carbocycles. The average molecular weight is 273 g/mol. The van der Waals surface area contributed by atoms with Crippen LogP contribution in [0, 0.1) is 0 Å². The van der Waals surface area contributed by atoms with Crippen molar-refractivity contribution in [3.63, 3.8) is 0 Å². The SMILES string of the molecule is CC(C)NCc1noc2c1CN(S(C)(=O)=O)CC2. The molecule has 1 aromatic rings. The Kier molecular flexibility index (Phi) is 3.74. The van der Waals surface area contributed by atoms with Crippen LogP contribution in [-0.2, 0) is 29.5 Å². The molecule has 0 saturated carbocycles. The van der Waals surface area contributed by atoms with E-state index in [1.165, 1.54) is 10.6 Å². The van der Waals surface area contributed by atoms with Gasteiger partial charge >= 0.3 is 0 Å². The third-order valence-corrected chi connectivity index (χ3v) is 4.27. The molecule has 0 amide bonds. The van der Waals surface area contributed by atoms with Crippen LogP contribution in [0.25, 0.3) is 0 Å². The Balaban J connectivity index is 2.17. The summed E-state index contributed by atoms with van der Waals surface area (Å²) in [5.41, 5.74) is 1.73. The predicted octanol–water partition coefficient (Wildman–Crippen LogP) is 0.490. The summed E-state index contributed by atoms with van der Waals surface area (Å²) in [5.74, 6) is 0.815. The Morgan fingerprint density at radius 2 is 2.22 bits per heavy atom. The van der Waals surface area contributed by atoms with E-state index >= 15 is 0 Å². The molecule has 0 spiro atoms. The van der Waals surface area contributed by atoms with Gasteiger partial charge in [0.05, 0.1) is 6.26 Å². The van der Waals surface area contributed by atoms with E-state index in [0.29, 0.717) is 32.1 Å². The third kappa shape index (κ3) is 2.90. The Hall–Kier alpha value is -0.920. The maximum atomic E-state index is 11.6. The van der Waals surface area contributed by atoms with Crippen molar-refractivity contribution in [3.05, 3.63) is 17.0 Å². The van der Waals surface area contributed by atoms with E-state index in [1.54, 1.807) is 0 Å². The zero-order valence-corrected chi connectivity index (χ0v) is 11.7. The Morgan fingerprint density at radius 3 is 2.83 bits per heavy atom. The van der Waals surface area contributed by atoms with E-state index in [9.17, 15) is 8.42 Å². The molecule has 0 saturated heterocycles. The highest BCUT2D eigenvalue weighted by Gasteiger charge is 2.28. The van der Waals surface area contributed by atoms with Gasteiger partial charge in [0.2, 0.25) is 10.0 Å². The van der Waals surface area contributed by atoms with E-state index in [1.807, 2.05) is 0 Å². The second-order valence-electron chi connectivity index (χ2n) is 4.91. The fraction of sp³-hybridized carbons (Fsp3) is 0.727. The van der Waals surface area contributed by atoms with Crippen LogP contribution < -0.4 is 5.32 Å². The summed E-state index contributed by atoms with van der Waals surface area (Å²) in [6.45, 7) is 5.55. The van der Waals surface area contributed by atoms with Gasteiger partial charge < -0.3 is 9.84 Å². The molecular weight excluding hydrogens is 254 g/mol. The molecule has 2 rings (SSSR count). The topological polar surface area (TPSA) is 75.4 Å². The monoisotopic (exact) mass is 273 g/mol. The van der Waals surface area contributed by atoms with Crippen molar-refractivity contribution in [2.45, 2.75) is 39.4 Å². The van der Waals surface area contributed by atoms with Gasteiger partial charge in [0.15, 0.2) is 0 Å². The molecule has 1 N–H and O–H groups in total. The minimum absolute atomic E-state index is 0.354. The summed E-state index contributed by atoms with van der Waals surface area (Å²) in [5, 5.41) is 7.29. The summed E-state index contributed by atoms with van der Waals surface area (Å²) in [6, 6.07) is 0.354. The molecule has 2 heterocycles. The zero-order chi connectivity index (χ0) is 13.3. The first-order valence-electron chi connectivity index (χ1n) is 6.02. The number of sulfonamides is 1. The van der Waals surface area contributed by atoms with Crippen LogP contribution >= 0.6 is 0 Å². The number of rotatable bonds is 4. The second-order valence-corrected chi connectivity index (χ2v) is 6.90. The molecule has 7 heteroatoms. The predicted molar refractivity (Wildman–Crippen MR) is 67.4 cm³/mol. The number of fused-ring (bicyclic) bond motifs is 1. The van der Waals surface area contributed by atoms with Crippen LogP contribution in [0.2, 0.25) is 0 Å². The van der Waals surface area contributed by atoms with Gasteiger partial charge in [-0.2, -0.15) is 4.31 Å². The van der Waals surface area contributed by atoms with Crippen molar-refractivity contribution in [2.24, 2.45) is 0 Å². The van der Waals surface area contributed by atoms with Crippen molar-refractivity contribution in [1.82, 2.24) is 14.8 Å². The Bertz CT molecular complexity index is 522. The van der Waals surface area contributed by atoms with Gasteiger partial charge in [-0.15, -0.1) is 0 Å². The highest BCUT2D eigenvalue weighted by molar-refractivity contribution is 7.88. The van der Waals surface area contributed by atoms with Crippen LogP contribution in [0.4, 0.5) is 0 Å². The zero-order valence-electron chi connectivity index (χ0n) is 10.9. The van der Waals surface area contributed by atoms with Gasteiger partial charge in [0, 0.05) is 37.7 Å². The maximum Gasteiger partial charge on any atom is 0.211 e. The number of aromatic nitrogens is 1. The van der Waals surface area contributed by atoms with Gasteiger partial charge in [-0.05, 0) is 0 Å². The van der Waals surface area contributed by atoms with Crippen LogP contribution in [-0.4, -0.2) is 36.7 Å². The van der Waals surface area contributed by atoms with E-state index < -0.39 is 10.0 Å². The number of nitrogens with zero attached hydrogens (tertiary/aromatic N) is 2. The van der Waals surface area contributed by atoms with Gasteiger partial charge in [0.1, 0.15) is 11.5 Å². The molecule has 0 unspecified atom stereocenters. The van der Waals surface area contributed by atoms with Gasteiger partial charge in [-0.3, -0.25) is 0 Å².